The molecule has 4 aliphatic carbocycles. The van der Waals surface area contributed by atoms with E-state index in [0.29, 0.717) is 31.5 Å². The van der Waals surface area contributed by atoms with Crippen molar-refractivity contribution in [2.75, 3.05) is 4.90 Å². The van der Waals surface area contributed by atoms with Crippen molar-refractivity contribution in [2.45, 2.75) is 50.5 Å². The van der Waals surface area contributed by atoms with E-state index in [1.165, 1.54) is 50.2 Å². The first-order valence-corrected chi connectivity index (χ1v) is 16.1. The molecule has 1 aliphatic heterocycles. The molecule has 1 heterocycles. The fourth-order valence-electron chi connectivity index (χ4n) is 8.01. The topological polar surface area (TPSA) is 75.7 Å². The van der Waals surface area contributed by atoms with E-state index in [2.05, 4.69) is 33.4 Å². The number of halogens is 3. The molecule has 0 unspecified atom stereocenters. The van der Waals surface area contributed by atoms with E-state index < -0.39 is 17.8 Å². The standard InChI is InChI=1S/C34H29BrCl2N2O4/c35-28-13-19(1-8-30(28)43-18-23-2-5-25(36)14-29(23)37)12-27-31(40)38-33(42)39(32(27)41)26-6-3-24(4-7-26)34-15-20-9-21(16-34)11-22(10-20)17-34/h1-8,12-14,20-22H,9-11,15-18H2,(H,38,40,42)/b27-12+. The lowest BCUT2D eigenvalue weighted by Crippen LogP contribution is -2.54. The first-order valence-electron chi connectivity index (χ1n) is 14.6. The van der Waals surface area contributed by atoms with Crippen molar-refractivity contribution in [2.24, 2.45) is 17.8 Å². The number of urea groups is 1. The number of nitrogens with one attached hydrogen (secondary N) is 1. The van der Waals surface area contributed by atoms with Crippen LogP contribution in [0.15, 0.2) is 70.7 Å². The molecule has 3 aromatic carbocycles. The normalized spacial score (nSPS) is 27.1. The summed E-state index contributed by atoms with van der Waals surface area (Å²) in [7, 11) is 0. The van der Waals surface area contributed by atoms with Crippen molar-refractivity contribution >= 4 is 68.7 Å². The number of nitrogens with zero attached hydrogens (tertiary/aromatic N) is 1. The molecule has 1 N–H and O–H groups in total. The van der Waals surface area contributed by atoms with E-state index >= 15 is 0 Å². The van der Waals surface area contributed by atoms with Gasteiger partial charge in [-0.3, -0.25) is 14.9 Å². The maximum absolute atomic E-state index is 13.5. The van der Waals surface area contributed by atoms with E-state index in [1.54, 1.807) is 36.4 Å². The molecule has 4 amide bonds. The number of imide groups is 2. The summed E-state index contributed by atoms with van der Waals surface area (Å²) in [6.07, 6.45) is 9.28. The Morgan fingerprint density at radius 1 is 0.907 bits per heavy atom. The molecule has 6 nitrogen and oxygen atoms in total. The third-order valence-corrected chi connectivity index (χ3v) is 10.7. The minimum absolute atomic E-state index is 0.127. The Hall–Kier alpha value is -3.13. The SMILES string of the molecule is O=C1NC(=O)N(c2ccc(C34CC5CC(CC(C5)C3)C4)cc2)C(=O)/C1=C/c1ccc(OCc2ccc(Cl)cc2Cl)c(Br)c1. The molecule has 5 aliphatic rings. The van der Waals surface area contributed by atoms with Crippen molar-refractivity contribution < 1.29 is 19.1 Å². The van der Waals surface area contributed by atoms with E-state index in [9.17, 15) is 14.4 Å². The van der Waals surface area contributed by atoms with Crippen LogP contribution < -0.4 is 15.0 Å². The Morgan fingerprint density at radius 2 is 1.58 bits per heavy atom. The highest BCUT2D eigenvalue weighted by molar-refractivity contribution is 9.10. The molecule has 0 aromatic heterocycles. The molecule has 9 heteroatoms. The number of benzene rings is 3. The summed E-state index contributed by atoms with van der Waals surface area (Å²) >= 11 is 15.7. The average Bonchev–Trinajstić information content (AvgIpc) is 2.95. The van der Waals surface area contributed by atoms with Crippen molar-refractivity contribution in [1.29, 1.82) is 0 Å². The zero-order valence-corrected chi connectivity index (χ0v) is 26.3. The summed E-state index contributed by atoms with van der Waals surface area (Å²) in [6.45, 7) is 0.231. The molecule has 0 radical (unpaired) electrons. The maximum atomic E-state index is 13.5. The molecule has 1 saturated heterocycles. The van der Waals surface area contributed by atoms with Crippen LogP contribution in [-0.4, -0.2) is 17.8 Å². The number of amides is 4. The van der Waals surface area contributed by atoms with Crippen LogP contribution in [0.3, 0.4) is 0 Å². The van der Waals surface area contributed by atoms with Crippen LogP contribution in [0.4, 0.5) is 10.5 Å². The highest BCUT2D eigenvalue weighted by Crippen LogP contribution is 2.60. The Balaban J connectivity index is 1.09. The lowest BCUT2D eigenvalue weighted by molar-refractivity contribution is -0.122. The number of carbonyl (C=O) groups excluding carboxylic acids is 3. The van der Waals surface area contributed by atoms with Gasteiger partial charge in [0.15, 0.2) is 0 Å². The van der Waals surface area contributed by atoms with Crippen LogP contribution in [0.2, 0.25) is 10.0 Å². The molecular formula is C34H29BrCl2N2O4. The smallest absolute Gasteiger partial charge is 0.335 e. The number of ether oxygens (including phenoxy) is 1. The maximum Gasteiger partial charge on any atom is 0.335 e. The second-order valence-corrected chi connectivity index (χ2v) is 14.1. The van der Waals surface area contributed by atoms with Gasteiger partial charge in [-0.25, -0.2) is 9.69 Å². The van der Waals surface area contributed by atoms with Crippen molar-refractivity contribution in [3.8, 4) is 5.75 Å². The van der Waals surface area contributed by atoms with Crippen LogP contribution in [0, 0.1) is 17.8 Å². The van der Waals surface area contributed by atoms with Gasteiger partial charge in [-0.05, 0) is 131 Å². The van der Waals surface area contributed by atoms with Crippen molar-refractivity contribution in [1.82, 2.24) is 5.32 Å². The molecule has 0 atom stereocenters. The summed E-state index contributed by atoms with van der Waals surface area (Å²) in [4.78, 5) is 40.2. The molecule has 5 fully saturated rings. The summed E-state index contributed by atoms with van der Waals surface area (Å²) < 4.78 is 6.54. The third kappa shape index (κ3) is 5.41. The molecule has 8 rings (SSSR count). The first kappa shape index (κ1) is 28.6. The predicted molar refractivity (Wildman–Crippen MR) is 170 cm³/mol. The minimum Gasteiger partial charge on any atom is -0.488 e. The van der Waals surface area contributed by atoms with E-state index in [1.807, 2.05) is 12.1 Å². The number of barbiturate groups is 1. The highest BCUT2D eigenvalue weighted by Gasteiger charge is 2.51. The summed E-state index contributed by atoms with van der Waals surface area (Å²) in [5, 5.41) is 3.38. The molecule has 3 aromatic rings. The number of hydrogen-bond acceptors (Lipinski definition) is 4. The van der Waals surface area contributed by atoms with E-state index in [0.717, 1.165) is 28.2 Å². The van der Waals surface area contributed by atoms with Crippen molar-refractivity contribution in [3.63, 3.8) is 0 Å². The Kier molecular flexibility index (Phi) is 7.39. The summed E-state index contributed by atoms with van der Waals surface area (Å²) in [5.41, 5.74) is 3.21. The molecule has 4 bridgehead atoms. The van der Waals surface area contributed by atoms with Gasteiger partial charge >= 0.3 is 6.03 Å². The molecule has 220 valence electrons. The van der Waals surface area contributed by atoms with Crippen LogP contribution in [0.1, 0.15) is 55.2 Å². The summed E-state index contributed by atoms with van der Waals surface area (Å²) in [5.74, 6) is 1.63. The predicted octanol–water partition coefficient (Wildman–Crippen LogP) is 8.47. The molecular weight excluding hydrogens is 651 g/mol. The van der Waals surface area contributed by atoms with Crippen molar-refractivity contribution in [3.05, 3.63) is 97.4 Å². The Labute approximate surface area is 268 Å². The molecule has 43 heavy (non-hydrogen) atoms. The van der Waals surface area contributed by atoms with E-state index in [-0.39, 0.29) is 17.6 Å². The molecule has 0 spiro atoms. The van der Waals surface area contributed by atoms with Crippen LogP contribution in [-0.2, 0) is 21.6 Å². The second kappa shape index (κ2) is 11.1. The van der Waals surface area contributed by atoms with Crippen LogP contribution in [0.5, 0.6) is 5.75 Å². The number of anilines is 1. The summed E-state index contributed by atoms with van der Waals surface area (Å²) in [6, 6.07) is 17.5. The fourth-order valence-corrected chi connectivity index (χ4v) is 8.98. The van der Waals surface area contributed by atoms with Gasteiger partial charge in [0.1, 0.15) is 17.9 Å². The zero-order valence-electron chi connectivity index (χ0n) is 23.2. The lowest BCUT2D eigenvalue weighted by Gasteiger charge is -2.57. The lowest BCUT2D eigenvalue weighted by atomic mass is 9.48. The average molecular weight is 680 g/mol. The highest BCUT2D eigenvalue weighted by atomic mass is 79.9. The number of carbonyl (C=O) groups is 3. The van der Waals surface area contributed by atoms with Gasteiger partial charge in [-0.15, -0.1) is 0 Å². The van der Waals surface area contributed by atoms with E-state index in [4.69, 9.17) is 27.9 Å². The minimum atomic E-state index is -0.750. The number of rotatable bonds is 6. The van der Waals surface area contributed by atoms with Gasteiger partial charge in [0.25, 0.3) is 11.8 Å². The van der Waals surface area contributed by atoms with Crippen LogP contribution >= 0.6 is 39.1 Å². The fraction of sp³-hybridized carbons (Fsp3) is 0.324. The third-order valence-electron chi connectivity index (χ3n) is 9.54. The first-order chi connectivity index (χ1) is 20.7. The quantitative estimate of drug-likeness (QED) is 0.210. The van der Waals surface area contributed by atoms with Gasteiger partial charge in [-0.1, -0.05) is 47.5 Å². The van der Waals surface area contributed by atoms with Gasteiger partial charge < -0.3 is 4.74 Å². The van der Waals surface area contributed by atoms with Gasteiger partial charge in [0.05, 0.1) is 10.2 Å². The Morgan fingerprint density at radius 3 is 2.21 bits per heavy atom. The number of hydrogen-bond donors (Lipinski definition) is 1. The van der Waals surface area contributed by atoms with Gasteiger partial charge in [0, 0.05) is 15.6 Å². The monoisotopic (exact) mass is 678 g/mol. The van der Waals surface area contributed by atoms with Gasteiger partial charge in [-0.2, -0.15) is 0 Å². The molecule has 4 saturated carbocycles. The second-order valence-electron chi connectivity index (χ2n) is 12.4. The largest absolute Gasteiger partial charge is 0.488 e. The zero-order chi connectivity index (χ0) is 29.9. The van der Waals surface area contributed by atoms with Gasteiger partial charge in [0.2, 0.25) is 0 Å². The van der Waals surface area contributed by atoms with Crippen LogP contribution in [0.25, 0.3) is 6.08 Å². The Bertz CT molecular complexity index is 1650.